The van der Waals surface area contributed by atoms with Crippen LogP contribution >= 0.6 is 0 Å². The first-order chi connectivity index (χ1) is 6.93. The molecule has 98 valence electrons. The van der Waals surface area contributed by atoms with E-state index in [0.717, 1.165) is 0 Å². The lowest BCUT2D eigenvalue weighted by atomic mass is 10.4. The number of rotatable bonds is 2. The molecular weight excluding hydrogens is 257 g/mol. The smallest absolute Gasteiger partial charge is 0.464 e. The molecule has 0 aliphatic rings. The lowest BCUT2D eigenvalue weighted by molar-refractivity contribution is -0.151. The average Bonchev–Trinajstić information content (AvgIpc) is 2.01. The minimum Gasteiger partial charge on any atom is -0.464 e. The van der Waals surface area contributed by atoms with Gasteiger partial charge in [0.05, 0.1) is 6.61 Å². The molecule has 0 aromatic heterocycles. The van der Waals surface area contributed by atoms with Gasteiger partial charge in [0, 0.05) is 0 Å². The fourth-order valence-electron chi connectivity index (χ4n) is 0.263. The van der Waals surface area contributed by atoms with Crippen molar-refractivity contribution in [3.63, 3.8) is 0 Å². The summed E-state index contributed by atoms with van der Waals surface area (Å²) in [7, 11) is -5.84. The minimum atomic E-state index is -5.84. The Balaban J connectivity index is 0. The van der Waals surface area contributed by atoms with Gasteiger partial charge in [-0.1, -0.05) is 0 Å². The summed E-state index contributed by atoms with van der Waals surface area (Å²) in [4.78, 5) is 10.3. The molecule has 0 aliphatic heterocycles. The predicted molar refractivity (Wildman–Crippen MR) is 45.9 cm³/mol. The highest BCUT2D eigenvalue weighted by atomic mass is 32.2. The Labute approximate surface area is 89.8 Å². The Morgan fingerprint density at radius 3 is 1.81 bits per heavy atom. The first kappa shape index (κ1) is 17.5. The molecule has 0 radical (unpaired) electrons. The second kappa shape index (κ2) is 6.66. The molecule has 0 aliphatic carbocycles. The maximum absolute atomic E-state index is 10.7. The van der Waals surface area contributed by atoms with Gasteiger partial charge in [-0.3, -0.25) is 4.55 Å². The molecule has 0 fully saturated rings. The molecule has 0 aromatic carbocycles. The number of ether oxygens (including phenoxy) is 1. The highest BCUT2D eigenvalue weighted by Crippen LogP contribution is 2.20. The molecule has 0 saturated heterocycles. The monoisotopic (exact) mass is 268 g/mol. The molecule has 0 rings (SSSR count). The third-order valence-electron chi connectivity index (χ3n) is 0.920. The van der Waals surface area contributed by atoms with E-state index in [-0.39, 0.29) is 0 Å². The van der Waals surface area contributed by atoms with E-state index in [1.165, 1.54) is 6.92 Å². The fourth-order valence-corrected chi connectivity index (χ4v) is 0.263. The molecule has 0 bridgehead atoms. The van der Waals surface area contributed by atoms with E-state index < -0.39 is 27.7 Å². The van der Waals surface area contributed by atoms with E-state index in [0.29, 0.717) is 6.61 Å². The Morgan fingerprint density at radius 2 is 1.75 bits per heavy atom. The van der Waals surface area contributed by atoms with E-state index in [1.54, 1.807) is 6.92 Å². The summed E-state index contributed by atoms with van der Waals surface area (Å²) in [6.07, 6.45) is -0.991. The van der Waals surface area contributed by atoms with E-state index >= 15 is 0 Å². The van der Waals surface area contributed by atoms with Crippen LogP contribution in [0.3, 0.4) is 0 Å². The third-order valence-corrected chi connectivity index (χ3v) is 1.51. The molecule has 0 aromatic rings. The van der Waals surface area contributed by atoms with Crippen LogP contribution in [0.25, 0.3) is 0 Å². The Morgan fingerprint density at radius 1 is 1.44 bits per heavy atom. The van der Waals surface area contributed by atoms with Crippen molar-refractivity contribution in [1.82, 2.24) is 0 Å². The van der Waals surface area contributed by atoms with Crippen molar-refractivity contribution >= 4 is 16.1 Å². The molecule has 1 atom stereocenters. The first-order valence-electron chi connectivity index (χ1n) is 3.82. The Kier molecular flexibility index (Phi) is 7.29. The van der Waals surface area contributed by atoms with Gasteiger partial charge in [-0.2, -0.15) is 21.6 Å². The summed E-state index contributed by atoms with van der Waals surface area (Å²) < 4.78 is 62.0. The summed E-state index contributed by atoms with van der Waals surface area (Å²) in [5.41, 5.74) is -5.53. The highest BCUT2D eigenvalue weighted by molar-refractivity contribution is 7.86. The lowest BCUT2D eigenvalue weighted by Crippen LogP contribution is -2.21. The van der Waals surface area contributed by atoms with E-state index in [9.17, 15) is 18.0 Å². The lowest BCUT2D eigenvalue weighted by Gasteiger charge is -2.01. The summed E-state index contributed by atoms with van der Waals surface area (Å²) in [5.74, 6) is -0.562. The number of aliphatic hydroxyl groups excluding tert-OH is 1. The van der Waals surface area contributed by atoms with Gasteiger partial charge in [0.15, 0.2) is 0 Å². The second-order valence-electron chi connectivity index (χ2n) is 2.35. The summed E-state index contributed by atoms with van der Waals surface area (Å²) in [6, 6.07) is 0. The van der Waals surface area contributed by atoms with Gasteiger partial charge in [-0.05, 0) is 13.8 Å². The number of esters is 1. The zero-order chi connectivity index (χ0) is 13.6. The molecule has 0 spiro atoms. The van der Waals surface area contributed by atoms with Crippen LogP contribution in [0.5, 0.6) is 0 Å². The largest absolute Gasteiger partial charge is 0.522 e. The van der Waals surface area contributed by atoms with E-state index in [4.69, 9.17) is 18.1 Å². The van der Waals surface area contributed by atoms with E-state index in [2.05, 4.69) is 4.74 Å². The number of hydrogen-bond donors (Lipinski definition) is 2. The van der Waals surface area contributed by atoms with Crippen molar-refractivity contribution in [1.29, 1.82) is 0 Å². The van der Waals surface area contributed by atoms with Crippen LogP contribution in [-0.4, -0.2) is 42.3 Å². The first-order valence-corrected chi connectivity index (χ1v) is 5.26. The number of alkyl halides is 3. The number of carbonyl (C=O) groups excluding carboxylic acids is 1. The van der Waals surface area contributed by atoms with Crippen molar-refractivity contribution in [2.24, 2.45) is 0 Å². The van der Waals surface area contributed by atoms with Gasteiger partial charge >= 0.3 is 21.6 Å². The predicted octanol–water partition coefficient (Wildman–Crippen LogP) is 0.324. The van der Waals surface area contributed by atoms with E-state index in [1.807, 2.05) is 0 Å². The summed E-state index contributed by atoms with van der Waals surface area (Å²) in [5, 5.41) is 8.48. The molecular formula is C6H11F3O6S. The third kappa shape index (κ3) is 8.44. The van der Waals surface area contributed by atoms with Gasteiger partial charge in [0.25, 0.3) is 0 Å². The van der Waals surface area contributed by atoms with Crippen molar-refractivity contribution in [3.8, 4) is 0 Å². The molecule has 2 N–H and O–H groups in total. The molecule has 0 amide bonds. The van der Waals surface area contributed by atoms with Crippen LogP contribution in [0.2, 0.25) is 0 Å². The Hall–Kier alpha value is -0.870. The van der Waals surface area contributed by atoms with Gasteiger partial charge < -0.3 is 9.84 Å². The molecule has 10 heteroatoms. The Bertz CT molecular complexity index is 307. The van der Waals surface area contributed by atoms with Crippen molar-refractivity contribution in [3.05, 3.63) is 0 Å². The molecule has 0 unspecified atom stereocenters. The number of hydrogen-bond acceptors (Lipinski definition) is 5. The van der Waals surface area contributed by atoms with Crippen LogP contribution in [0, 0.1) is 0 Å². The topological polar surface area (TPSA) is 101 Å². The van der Waals surface area contributed by atoms with Crippen molar-refractivity contribution < 1.29 is 40.8 Å². The zero-order valence-electron chi connectivity index (χ0n) is 8.35. The van der Waals surface area contributed by atoms with Crippen molar-refractivity contribution in [2.45, 2.75) is 25.5 Å². The number of carbonyl (C=O) groups is 1. The van der Waals surface area contributed by atoms with Crippen LogP contribution in [0.15, 0.2) is 0 Å². The minimum absolute atomic E-state index is 0.323. The highest BCUT2D eigenvalue weighted by Gasteiger charge is 2.44. The molecule has 0 saturated carbocycles. The normalized spacial score (nSPS) is 13.4. The van der Waals surface area contributed by atoms with Crippen LogP contribution in [-0.2, 0) is 19.6 Å². The molecule has 0 heterocycles. The second-order valence-corrected chi connectivity index (χ2v) is 3.76. The zero-order valence-corrected chi connectivity index (χ0v) is 9.17. The molecule has 16 heavy (non-hydrogen) atoms. The quantitative estimate of drug-likeness (QED) is 0.425. The van der Waals surface area contributed by atoms with Crippen LogP contribution < -0.4 is 0 Å². The van der Waals surface area contributed by atoms with Gasteiger partial charge in [0.2, 0.25) is 0 Å². The van der Waals surface area contributed by atoms with Crippen molar-refractivity contribution in [2.75, 3.05) is 6.61 Å². The summed E-state index contributed by atoms with van der Waals surface area (Å²) >= 11 is 0. The maximum atomic E-state index is 10.7. The summed E-state index contributed by atoms with van der Waals surface area (Å²) in [6.45, 7) is 3.39. The van der Waals surface area contributed by atoms with Gasteiger partial charge in [-0.15, -0.1) is 0 Å². The number of aliphatic hydroxyl groups is 1. The maximum Gasteiger partial charge on any atom is 0.522 e. The fraction of sp³-hybridized carbons (Fsp3) is 0.833. The van der Waals surface area contributed by atoms with Gasteiger partial charge in [-0.25, -0.2) is 4.79 Å². The standard InChI is InChI=1S/C5H10O3.CHF3O3S/c1-3-8-5(7)4(2)6;2-1(3,4)8(5,6)7/h4,6H,3H2,1-2H3;(H,5,6,7)/t4-;/m0./s1. The SMILES string of the molecule is CCOC(=O)[C@H](C)O.O=S(=O)(O)C(F)(F)F. The van der Waals surface area contributed by atoms with Crippen LogP contribution in [0.1, 0.15) is 13.8 Å². The molecule has 6 nitrogen and oxygen atoms in total. The van der Waals surface area contributed by atoms with Crippen LogP contribution in [0.4, 0.5) is 13.2 Å². The average molecular weight is 268 g/mol. The van der Waals surface area contributed by atoms with Gasteiger partial charge in [0.1, 0.15) is 6.10 Å². The number of halogens is 3.